The van der Waals surface area contributed by atoms with E-state index in [0.717, 1.165) is 17.7 Å². The van der Waals surface area contributed by atoms with Crippen LogP contribution in [0, 0.1) is 11.3 Å². The van der Waals surface area contributed by atoms with Crippen molar-refractivity contribution in [1.82, 2.24) is 10.2 Å². The summed E-state index contributed by atoms with van der Waals surface area (Å²) >= 11 is 0. The molecular weight excluding hydrogens is 412 g/mol. The number of nitrogens with one attached hydrogen (secondary N) is 2. The van der Waals surface area contributed by atoms with Crippen LogP contribution in [0.1, 0.15) is 46.5 Å². The summed E-state index contributed by atoms with van der Waals surface area (Å²) in [6.45, 7) is 6.87. The SMILES string of the molecule is CC(C)(C)C1CCC2(CC1)NC(=O)N(CC(=O)Nc1ccccc1N1CCOC1=O)C2=O. The summed E-state index contributed by atoms with van der Waals surface area (Å²) in [7, 11) is 0. The van der Waals surface area contributed by atoms with Gasteiger partial charge in [-0.25, -0.2) is 9.59 Å². The van der Waals surface area contributed by atoms with Gasteiger partial charge in [0.1, 0.15) is 18.7 Å². The fraction of sp³-hybridized carbons (Fsp3) is 0.565. The molecule has 1 saturated carbocycles. The number of amides is 5. The molecule has 2 heterocycles. The van der Waals surface area contributed by atoms with Crippen LogP contribution < -0.4 is 15.5 Å². The lowest BCUT2D eigenvalue weighted by Crippen LogP contribution is -2.51. The van der Waals surface area contributed by atoms with E-state index < -0.39 is 23.6 Å². The Morgan fingerprint density at radius 2 is 1.88 bits per heavy atom. The van der Waals surface area contributed by atoms with E-state index in [-0.39, 0.29) is 24.5 Å². The van der Waals surface area contributed by atoms with Crippen LogP contribution in [0.3, 0.4) is 0 Å². The highest BCUT2D eigenvalue weighted by Gasteiger charge is 2.53. The number of nitrogens with zero attached hydrogens (tertiary/aromatic N) is 2. The number of benzene rings is 1. The van der Waals surface area contributed by atoms with Gasteiger partial charge in [-0.15, -0.1) is 0 Å². The molecule has 0 aromatic heterocycles. The molecule has 3 fully saturated rings. The molecule has 9 heteroatoms. The Morgan fingerprint density at radius 3 is 2.50 bits per heavy atom. The lowest BCUT2D eigenvalue weighted by Gasteiger charge is -2.40. The highest BCUT2D eigenvalue weighted by Crippen LogP contribution is 2.43. The smallest absolute Gasteiger partial charge is 0.414 e. The van der Waals surface area contributed by atoms with Crippen molar-refractivity contribution in [2.45, 2.75) is 52.0 Å². The van der Waals surface area contributed by atoms with Crippen molar-refractivity contribution in [2.75, 3.05) is 29.9 Å². The molecule has 1 spiro atoms. The lowest BCUT2D eigenvalue weighted by atomic mass is 9.67. The molecule has 1 aromatic rings. The van der Waals surface area contributed by atoms with Gasteiger partial charge in [0.05, 0.1) is 17.9 Å². The molecule has 4 rings (SSSR count). The van der Waals surface area contributed by atoms with Gasteiger partial charge in [-0.1, -0.05) is 32.9 Å². The number of para-hydroxylation sites is 2. The number of rotatable bonds is 4. The third kappa shape index (κ3) is 4.03. The Kier molecular flexibility index (Phi) is 5.60. The number of cyclic esters (lactones) is 1. The van der Waals surface area contributed by atoms with Crippen molar-refractivity contribution >= 4 is 35.3 Å². The monoisotopic (exact) mass is 442 g/mol. The van der Waals surface area contributed by atoms with Crippen LogP contribution in [0.2, 0.25) is 0 Å². The van der Waals surface area contributed by atoms with Crippen molar-refractivity contribution in [1.29, 1.82) is 0 Å². The van der Waals surface area contributed by atoms with E-state index in [1.807, 2.05) is 0 Å². The minimum absolute atomic E-state index is 0.155. The molecule has 9 nitrogen and oxygen atoms in total. The van der Waals surface area contributed by atoms with Gasteiger partial charge >= 0.3 is 12.1 Å². The van der Waals surface area contributed by atoms with Gasteiger partial charge < -0.3 is 15.4 Å². The first-order valence-corrected chi connectivity index (χ1v) is 11.1. The Hall–Kier alpha value is -3.10. The lowest BCUT2D eigenvalue weighted by molar-refractivity contribution is -0.135. The number of hydrogen-bond acceptors (Lipinski definition) is 5. The first kappa shape index (κ1) is 22.1. The third-order valence-electron chi connectivity index (χ3n) is 6.84. The van der Waals surface area contributed by atoms with Gasteiger partial charge in [0.2, 0.25) is 5.91 Å². The molecule has 0 unspecified atom stereocenters. The van der Waals surface area contributed by atoms with E-state index in [4.69, 9.17) is 4.74 Å². The second-order valence-electron chi connectivity index (χ2n) is 9.88. The Balaban J connectivity index is 1.42. The minimum Gasteiger partial charge on any atom is -0.447 e. The molecule has 5 amide bonds. The highest BCUT2D eigenvalue weighted by molar-refractivity contribution is 6.10. The third-order valence-corrected chi connectivity index (χ3v) is 6.84. The molecule has 1 aromatic carbocycles. The molecule has 2 aliphatic heterocycles. The number of ether oxygens (including phenoxy) is 1. The van der Waals surface area contributed by atoms with Crippen molar-refractivity contribution in [3.63, 3.8) is 0 Å². The largest absolute Gasteiger partial charge is 0.447 e. The second kappa shape index (κ2) is 8.11. The van der Waals surface area contributed by atoms with Gasteiger partial charge in [-0.2, -0.15) is 0 Å². The van der Waals surface area contributed by atoms with Crippen LogP contribution in [-0.4, -0.2) is 54.1 Å². The quantitative estimate of drug-likeness (QED) is 0.697. The number of carbonyl (C=O) groups is 4. The number of carbonyl (C=O) groups excluding carboxylic acids is 4. The molecule has 172 valence electrons. The molecule has 3 aliphatic rings. The minimum atomic E-state index is -0.906. The average molecular weight is 443 g/mol. The molecular formula is C23H30N4O5. The second-order valence-corrected chi connectivity index (χ2v) is 9.88. The molecule has 2 N–H and O–H groups in total. The maximum atomic E-state index is 13.1. The first-order chi connectivity index (χ1) is 15.1. The molecule has 32 heavy (non-hydrogen) atoms. The van der Waals surface area contributed by atoms with Gasteiger partial charge in [-0.3, -0.25) is 19.4 Å². The predicted octanol–water partition coefficient (Wildman–Crippen LogP) is 3.11. The fourth-order valence-electron chi connectivity index (χ4n) is 4.90. The summed E-state index contributed by atoms with van der Waals surface area (Å²) in [5.41, 5.74) is 0.180. The highest BCUT2D eigenvalue weighted by atomic mass is 16.6. The molecule has 0 radical (unpaired) electrons. The predicted molar refractivity (Wildman–Crippen MR) is 118 cm³/mol. The van der Waals surface area contributed by atoms with E-state index in [0.29, 0.717) is 36.7 Å². The average Bonchev–Trinajstić information content (AvgIpc) is 3.25. The Bertz CT molecular complexity index is 946. The van der Waals surface area contributed by atoms with Crippen molar-refractivity contribution in [3.8, 4) is 0 Å². The van der Waals surface area contributed by atoms with Crippen LogP contribution in [0.25, 0.3) is 0 Å². The molecule has 0 bridgehead atoms. The normalized spacial score (nSPS) is 25.8. The zero-order valence-electron chi connectivity index (χ0n) is 18.8. The standard InChI is InChI=1S/C23H30N4O5/c1-22(2,3)15-8-10-23(11-9-15)19(29)27(20(30)25-23)14-18(28)24-16-6-4-5-7-17(16)26-12-13-32-21(26)31/h4-7,15H,8-14H2,1-3H3,(H,24,28)(H,25,30). The molecule has 2 saturated heterocycles. The van der Waals surface area contributed by atoms with E-state index in [2.05, 4.69) is 31.4 Å². The molecule has 0 atom stereocenters. The van der Waals surface area contributed by atoms with Crippen LogP contribution >= 0.6 is 0 Å². The topological polar surface area (TPSA) is 108 Å². The summed E-state index contributed by atoms with van der Waals surface area (Å²) < 4.78 is 4.98. The van der Waals surface area contributed by atoms with Gasteiger partial charge in [0, 0.05) is 0 Å². The van der Waals surface area contributed by atoms with Crippen molar-refractivity contribution in [2.24, 2.45) is 11.3 Å². The van der Waals surface area contributed by atoms with Crippen LogP contribution in [-0.2, 0) is 14.3 Å². The Morgan fingerprint density at radius 1 is 1.19 bits per heavy atom. The summed E-state index contributed by atoms with van der Waals surface area (Å²) in [5.74, 6) is -0.348. The maximum absolute atomic E-state index is 13.1. The van der Waals surface area contributed by atoms with Crippen LogP contribution in [0.15, 0.2) is 24.3 Å². The summed E-state index contributed by atoms with van der Waals surface area (Å²) in [6, 6.07) is 6.33. The first-order valence-electron chi connectivity index (χ1n) is 11.1. The van der Waals surface area contributed by atoms with E-state index >= 15 is 0 Å². The van der Waals surface area contributed by atoms with E-state index in [9.17, 15) is 19.2 Å². The van der Waals surface area contributed by atoms with Gasteiger partial charge in [0.15, 0.2) is 0 Å². The zero-order chi connectivity index (χ0) is 23.1. The van der Waals surface area contributed by atoms with Crippen LogP contribution in [0.4, 0.5) is 21.0 Å². The summed E-state index contributed by atoms with van der Waals surface area (Å²) in [5, 5.41) is 5.59. The van der Waals surface area contributed by atoms with Crippen molar-refractivity contribution < 1.29 is 23.9 Å². The fourth-order valence-corrected chi connectivity index (χ4v) is 4.90. The van der Waals surface area contributed by atoms with Gasteiger partial charge in [0.25, 0.3) is 5.91 Å². The number of imide groups is 1. The molecule has 1 aliphatic carbocycles. The van der Waals surface area contributed by atoms with E-state index in [1.165, 1.54) is 4.90 Å². The Labute approximate surface area is 187 Å². The maximum Gasteiger partial charge on any atom is 0.414 e. The van der Waals surface area contributed by atoms with Crippen LogP contribution in [0.5, 0.6) is 0 Å². The zero-order valence-corrected chi connectivity index (χ0v) is 18.8. The van der Waals surface area contributed by atoms with Gasteiger partial charge in [-0.05, 0) is 49.1 Å². The summed E-state index contributed by atoms with van der Waals surface area (Å²) in [4.78, 5) is 52.8. The number of hydrogen-bond donors (Lipinski definition) is 2. The van der Waals surface area contributed by atoms with E-state index in [1.54, 1.807) is 24.3 Å². The number of anilines is 2. The number of urea groups is 1. The summed E-state index contributed by atoms with van der Waals surface area (Å²) in [6.07, 6.45) is 2.40. The van der Waals surface area contributed by atoms with Crippen molar-refractivity contribution in [3.05, 3.63) is 24.3 Å².